The van der Waals surface area contributed by atoms with Crippen molar-refractivity contribution in [1.29, 1.82) is 0 Å². The molecule has 2 fully saturated rings. The van der Waals surface area contributed by atoms with Gasteiger partial charge in [0.1, 0.15) is 0 Å². The third-order valence-electron chi connectivity index (χ3n) is 4.06. The number of hydrogen-bond donors (Lipinski definition) is 1. The van der Waals surface area contributed by atoms with E-state index < -0.39 is 0 Å². The zero-order valence-electron chi connectivity index (χ0n) is 11.9. The van der Waals surface area contributed by atoms with E-state index in [-0.39, 0.29) is 3.55 Å². The summed E-state index contributed by atoms with van der Waals surface area (Å²) in [6, 6.07) is 2.34. The largest absolute Gasteiger partial charge is 0.301 e. The van der Waals surface area contributed by atoms with Gasteiger partial charge in [-0.05, 0) is 60.3 Å². The molecule has 100 valence electrons. The van der Waals surface area contributed by atoms with Gasteiger partial charge >= 0.3 is 0 Å². The summed E-state index contributed by atoms with van der Waals surface area (Å²) in [6.45, 7) is 11.6. The summed E-state index contributed by atoms with van der Waals surface area (Å²) < 4.78 is 0.228. The zero-order valence-corrected chi connectivity index (χ0v) is 14.0. The predicted octanol–water partition coefficient (Wildman–Crippen LogP) is 3.54. The molecule has 2 bridgehead atoms. The van der Waals surface area contributed by atoms with Crippen molar-refractivity contribution in [2.45, 2.75) is 87.5 Å². The molecule has 3 heteroatoms. The Kier molecular flexibility index (Phi) is 3.84. The Labute approximate surface area is 120 Å². The molecule has 1 N–H and O–H groups in total. The summed E-state index contributed by atoms with van der Waals surface area (Å²) in [7, 11) is 0. The average Bonchev–Trinajstić information content (AvgIpc) is 2.35. The van der Waals surface area contributed by atoms with Crippen molar-refractivity contribution in [3.63, 3.8) is 0 Å². The van der Waals surface area contributed by atoms with Crippen LogP contribution in [-0.4, -0.2) is 32.1 Å². The number of halogens is 1. The van der Waals surface area contributed by atoms with Gasteiger partial charge in [0.05, 0.1) is 3.55 Å². The fraction of sp³-hybridized carbons (Fsp3) is 1.00. The van der Waals surface area contributed by atoms with Crippen molar-refractivity contribution in [3.8, 4) is 0 Å². The van der Waals surface area contributed by atoms with E-state index in [2.05, 4.69) is 67.4 Å². The minimum Gasteiger partial charge on any atom is -0.301 e. The molecule has 2 aliphatic rings. The molecule has 17 heavy (non-hydrogen) atoms. The van der Waals surface area contributed by atoms with Crippen LogP contribution in [0.15, 0.2) is 0 Å². The van der Waals surface area contributed by atoms with Gasteiger partial charge in [-0.3, -0.25) is 4.90 Å². The van der Waals surface area contributed by atoms with E-state index >= 15 is 0 Å². The Bertz CT molecular complexity index is 263. The number of nitrogens with zero attached hydrogens (tertiary/aromatic N) is 1. The second kappa shape index (κ2) is 4.64. The average molecular weight is 350 g/mol. The predicted molar refractivity (Wildman–Crippen MR) is 82.7 cm³/mol. The summed E-state index contributed by atoms with van der Waals surface area (Å²) in [5.74, 6) is 0. The van der Waals surface area contributed by atoms with Crippen LogP contribution in [0.2, 0.25) is 0 Å². The van der Waals surface area contributed by atoms with Crippen molar-refractivity contribution in [3.05, 3.63) is 0 Å². The maximum atomic E-state index is 3.79. The van der Waals surface area contributed by atoms with Gasteiger partial charge in [0, 0.05) is 23.7 Å². The lowest BCUT2D eigenvalue weighted by Gasteiger charge is -2.47. The normalized spacial score (nSPS) is 35.3. The van der Waals surface area contributed by atoms with Crippen LogP contribution in [0.25, 0.3) is 0 Å². The van der Waals surface area contributed by atoms with E-state index in [0.717, 1.165) is 18.1 Å². The Morgan fingerprint density at radius 3 is 1.82 bits per heavy atom. The highest BCUT2D eigenvalue weighted by atomic mass is 127. The van der Waals surface area contributed by atoms with Crippen molar-refractivity contribution in [1.82, 2.24) is 10.2 Å². The molecular weight excluding hydrogens is 323 g/mol. The van der Waals surface area contributed by atoms with Gasteiger partial charge in [0.15, 0.2) is 0 Å². The Morgan fingerprint density at radius 2 is 1.47 bits per heavy atom. The summed E-state index contributed by atoms with van der Waals surface area (Å²) in [5, 5.41) is 3.79. The van der Waals surface area contributed by atoms with Crippen LogP contribution < -0.4 is 5.32 Å². The fourth-order valence-electron chi connectivity index (χ4n) is 3.88. The topological polar surface area (TPSA) is 15.3 Å². The highest BCUT2D eigenvalue weighted by Crippen LogP contribution is 2.40. The molecule has 0 aliphatic carbocycles. The standard InChI is InChI=1S/C14H27IN2/c1-13(2,3)17-11-6-7-12(17)9-10(8-11)16-14(4,5)15/h10-12,16H,6-9H2,1-5H3. The molecule has 2 unspecified atom stereocenters. The van der Waals surface area contributed by atoms with Crippen molar-refractivity contribution < 1.29 is 0 Å². The van der Waals surface area contributed by atoms with E-state index in [9.17, 15) is 0 Å². The molecule has 0 amide bonds. The number of rotatable bonds is 2. The number of nitrogens with one attached hydrogen (secondary N) is 1. The molecule has 0 aromatic rings. The van der Waals surface area contributed by atoms with E-state index in [4.69, 9.17) is 0 Å². The molecule has 2 atom stereocenters. The highest BCUT2D eigenvalue weighted by Gasteiger charge is 2.45. The zero-order chi connectivity index (χ0) is 12.8. The quantitative estimate of drug-likeness (QED) is 0.466. The SMILES string of the molecule is CC(C)(I)NC1CC2CCC(C1)N2C(C)(C)C. The van der Waals surface area contributed by atoms with Crippen LogP contribution in [0.1, 0.15) is 60.3 Å². The molecule has 2 saturated heterocycles. The lowest BCUT2D eigenvalue weighted by molar-refractivity contribution is 0.0296. The molecule has 2 rings (SSSR count). The van der Waals surface area contributed by atoms with Gasteiger partial charge in [-0.2, -0.15) is 0 Å². The second-order valence-electron chi connectivity index (χ2n) is 7.25. The summed E-state index contributed by atoms with van der Waals surface area (Å²) in [5.41, 5.74) is 0.344. The molecule has 0 radical (unpaired) electrons. The maximum Gasteiger partial charge on any atom is 0.0650 e. The first-order valence-corrected chi connectivity index (χ1v) is 8.00. The number of fused-ring (bicyclic) bond motifs is 2. The van der Waals surface area contributed by atoms with Crippen LogP contribution in [-0.2, 0) is 0 Å². The second-order valence-corrected chi connectivity index (χ2v) is 9.95. The third-order valence-corrected chi connectivity index (χ3v) is 4.37. The van der Waals surface area contributed by atoms with Gasteiger partial charge in [-0.25, -0.2) is 0 Å². The first-order chi connectivity index (χ1) is 7.67. The molecule has 0 aromatic carbocycles. The molecule has 0 saturated carbocycles. The van der Waals surface area contributed by atoms with E-state index in [1.165, 1.54) is 25.7 Å². The molecule has 0 spiro atoms. The number of hydrogen-bond acceptors (Lipinski definition) is 2. The molecule has 2 nitrogen and oxygen atoms in total. The highest BCUT2D eigenvalue weighted by molar-refractivity contribution is 14.1. The summed E-state index contributed by atoms with van der Waals surface area (Å²) >= 11 is 2.51. The van der Waals surface area contributed by atoms with Crippen LogP contribution in [0.4, 0.5) is 0 Å². The Balaban J connectivity index is 2.02. The molecule has 0 aromatic heterocycles. The van der Waals surface area contributed by atoms with Crippen LogP contribution >= 0.6 is 22.6 Å². The fourth-order valence-corrected chi connectivity index (χ4v) is 4.32. The number of alkyl halides is 1. The molecular formula is C14H27IN2. The van der Waals surface area contributed by atoms with Crippen molar-refractivity contribution >= 4 is 22.6 Å². The first kappa shape index (κ1) is 14.1. The lowest BCUT2D eigenvalue weighted by Crippen LogP contribution is -2.57. The summed E-state index contributed by atoms with van der Waals surface area (Å²) in [6.07, 6.45) is 5.48. The number of piperidine rings is 1. The van der Waals surface area contributed by atoms with E-state index in [1.54, 1.807) is 0 Å². The third kappa shape index (κ3) is 3.35. The Morgan fingerprint density at radius 1 is 1.00 bits per heavy atom. The Hall–Kier alpha value is 0.650. The summed E-state index contributed by atoms with van der Waals surface area (Å²) in [4.78, 5) is 2.78. The monoisotopic (exact) mass is 350 g/mol. The van der Waals surface area contributed by atoms with Crippen molar-refractivity contribution in [2.24, 2.45) is 0 Å². The minimum absolute atomic E-state index is 0.228. The first-order valence-electron chi connectivity index (χ1n) is 6.92. The lowest BCUT2D eigenvalue weighted by atomic mass is 9.91. The van der Waals surface area contributed by atoms with Crippen LogP contribution in [0.3, 0.4) is 0 Å². The minimum atomic E-state index is 0.228. The molecule has 2 aliphatic heterocycles. The van der Waals surface area contributed by atoms with Crippen LogP contribution in [0.5, 0.6) is 0 Å². The van der Waals surface area contributed by atoms with Crippen molar-refractivity contribution in [2.75, 3.05) is 0 Å². The van der Waals surface area contributed by atoms with Gasteiger partial charge in [-0.1, -0.05) is 22.6 Å². The van der Waals surface area contributed by atoms with Gasteiger partial charge < -0.3 is 5.32 Å². The van der Waals surface area contributed by atoms with E-state index in [0.29, 0.717) is 5.54 Å². The van der Waals surface area contributed by atoms with Gasteiger partial charge in [-0.15, -0.1) is 0 Å². The maximum absolute atomic E-state index is 3.79. The van der Waals surface area contributed by atoms with Crippen LogP contribution in [0, 0.1) is 0 Å². The molecule has 2 heterocycles. The van der Waals surface area contributed by atoms with Gasteiger partial charge in [0.2, 0.25) is 0 Å². The van der Waals surface area contributed by atoms with Gasteiger partial charge in [0.25, 0.3) is 0 Å². The smallest absolute Gasteiger partial charge is 0.0650 e. The van der Waals surface area contributed by atoms with E-state index in [1.807, 2.05) is 0 Å².